The van der Waals surface area contributed by atoms with Crippen molar-refractivity contribution in [2.45, 2.75) is 45.9 Å². The van der Waals surface area contributed by atoms with Crippen LogP contribution in [0.1, 0.15) is 42.1 Å². The Morgan fingerprint density at radius 3 is 2.81 bits per heavy atom. The lowest BCUT2D eigenvalue weighted by molar-refractivity contribution is -0.134. The van der Waals surface area contributed by atoms with Crippen molar-refractivity contribution in [2.75, 3.05) is 6.54 Å². The first-order valence-corrected chi connectivity index (χ1v) is 9.23. The monoisotopic (exact) mass is 370 g/mol. The van der Waals surface area contributed by atoms with Crippen molar-refractivity contribution in [1.29, 1.82) is 0 Å². The lowest BCUT2D eigenvalue weighted by Crippen LogP contribution is -2.47. The van der Waals surface area contributed by atoms with Gasteiger partial charge in [-0.15, -0.1) is 0 Å². The number of carbonyl (C=O) groups is 2. The summed E-state index contributed by atoms with van der Waals surface area (Å²) in [5, 5.41) is 7.19. The van der Waals surface area contributed by atoms with Crippen molar-refractivity contribution >= 4 is 11.8 Å². The normalized spacial score (nSPS) is 14.7. The van der Waals surface area contributed by atoms with E-state index in [9.17, 15) is 9.59 Å². The van der Waals surface area contributed by atoms with E-state index in [1.54, 1.807) is 21.8 Å². The van der Waals surface area contributed by atoms with Crippen molar-refractivity contribution in [3.8, 4) is 0 Å². The van der Waals surface area contributed by atoms with Crippen LogP contribution in [0.15, 0.2) is 30.5 Å². The summed E-state index contributed by atoms with van der Waals surface area (Å²) in [6, 6.07) is 6.80. The van der Waals surface area contributed by atoms with Crippen molar-refractivity contribution < 1.29 is 9.59 Å². The number of carbonyl (C=O) groups excluding carboxylic acids is 2. The minimum Gasteiger partial charge on any atom is -0.345 e. The van der Waals surface area contributed by atoms with E-state index in [0.717, 1.165) is 11.4 Å². The van der Waals surface area contributed by atoms with Gasteiger partial charge < -0.3 is 16.0 Å². The zero-order valence-electron chi connectivity index (χ0n) is 15.8. The molecule has 2 amide bonds. The van der Waals surface area contributed by atoms with Crippen LogP contribution in [0.5, 0.6) is 0 Å². The van der Waals surface area contributed by atoms with Crippen LogP contribution >= 0.6 is 0 Å². The summed E-state index contributed by atoms with van der Waals surface area (Å²) >= 11 is 0. The third kappa shape index (κ3) is 4.71. The van der Waals surface area contributed by atoms with Crippen molar-refractivity contribution in [3.63, 3.8) is 0 Å². The average molecular weight is 370 g/mol. The van der Waals surface area contributed by atoms with Gasteiger partial charge in [-0.25, -0.2) is 0 Å². The van der Waals surface area contributed by atoms with Crippen molar-refractivity contribution in [3.05, 3.63) is 47.5 Å². The van der Waals surface area contributed by atoms with Crippen LogP contribution in [0, 0.1) is 5.92 Å². The molecule has 8 heteroatoms. The van der Waals surface area contributed by atoms with Gasteiger partial charge in [-0.2, -0.15) is 5.10 Å². The minimum atomic E-state index is -0.486. The first-order chi connectivity index (χ1) is 12.9. The molecule has 27 heavy (non-hydrogen) atoms. The zero-order chi connectivity index (χ0) is 19.4. The van der Waals surface area contributed by atoms with Crippen LogP contribution in [0.3, 0.4) is 0 Å². The SMILES string of the molecule is CC(C)C[C@@H](N)C(=O)N1CCn2nc(C(=O)NCc3ccccn3)cc2C1. The Kier molecular flexibility index (Phi) is 5.85. The van der Waals surface area contributed by atoms with Crippen LogP contribution in [0.4, 0.5) is 0 Å². The van der Waals surface area contributed by atoms with E-state index in [2.05, 4.69) is 15.4 Å². The lowest BCUT2D eigenvalue weighted by Gasteiger charge is -2.30. The largest absolute Gasteiger partial charge is 0.345 e. The molecule has 0 spiro atoms. The minimum absolute atomic E-state index is 0.0442. The number of rotatable bonds is 6. The maximum absolute atomic E-state index is 12.5. The summed E-state index contributed by atoms with van der Waals surface area (Å²) < 4.78 is 1.79. The van der Waals surface area contributed by atoms with Gasteiger partial charge in [0.15, 0.2) is 5.69 Å². The number of aromatic nitrogens is 3. The summed E-state index contributed by atoms with van der Waals surface area (Å²) in [6.07, 6.45) is 2.35. The predicted molar refractivity (Wildman–Crippen MR) is 100 cm³/mol. The number of hydrogen-bond acceptors (Lipinski definition) is 5. The second-order valence-corrected chi connectivity index (χ2v) is 7.24. The first-order valence-electron chi connectivity index (χ1n) is 9.23. The number of fused-ring (bicyclic) bond motifs is 1. The molecule has 3 heterocycles. The molecule has 2 aromatic heterocycles. The average Bonchev–Trinajstić information content (AvgIpc) is 3.09. The summed E-state index contributed by atoms with van der Waals surface area (Å²) in [5.74, 6) is 0.0721. The zero-order valence-corrected chi connectivity index (χ0v) is 15.8. The van der Waals surface area contributed by atoms with Crippen molar-refractivity contribution in [1.82, 2.24) is 25.0 Å². The van der Waals surface area contributed by atoms with E-state index in [0.29, 0.717) is 44.2 Å². The molecule has 1 aliphatic rings. The molecular weight excluding hydrogens is 344 g/mol. The van der Waals surface area contributed by atoms with Gasteiger partial charge in [-0.3, -0.25) is 19.3 Å². The quantitative estimate of drug-likeness (QED) is 0.787. The van der Waals surface area contributed by atoms with Gasteiger partial charge in [0.2, 0.25) is 5.91 Å². The van der Waals surface area contributed by atoms with E-state index in [1.165, 1.54) is 0 Å². The van der Waals surface area contributed by atoms with Gasteiger partial charge in [-0.1, -0.05) is 19.9 Å². The first kappa shape index (κ1) is 19.0. The van der Waals surface area contributed by atoms with Crippen LogP contribution < -0.4 is 11.1 Å². The van der Waals surface area contributed by atoms with E-state index >= 15 is 0 Å². The number of nitrogens with zero attached hydrogens (tertiary/aromatic N) is 4. The Bertz CT molecular complexity index is 802. The van der Waals surface area contributed by atoms with Crippen molar-refractivity contribution in [2.24, 2.45) is 11.7 Å². The lowest BCUT2D eigenvalue weighted by atomic mass is 10.0. The van der Waals surface area contributed by atoms with E-state index in [-0.39, 0.29) is 11.8 Å². The van der Waals surface area contributed by atoms with E-state index in [4.69, 9.17) is 5.73 Å². The fraction of sp³-hybridized carbons (Fsp3) is 0.474. The van der Waals surface area contributed by atoms with E-state index in [1.807, 2.05) is 32.0 Å². The van der Waals surface area contributed by atoms with Crippen LogP contribution in [0.2, 0.25) is 0 Å². The van der Waals surface area contributed by atoms with Gasteiger partial charge in [0, 0.05) is 12.7 Å². The smallest absolute Gasteiger partial charge is 0.272 e. The number of hydrogen-bond donors (Lipinski definition) is 2. The molecule has 0 aliphatic carbocycles. The highest BCUT2D eigenvalue weighted by Crippen LogP contribution is 2.16. The second kappa shape index (κ2) is 8.30. The number of nitrogens with one attached hydrogen (secondary N) is 1. The highest BCUT2D eigenvalue weighted by Gasteiger charge is 2.27. The third-order valence-electron chi connectivity index (χ3n) is 4.54. The van der Waals surface area contributed by atoms with Gasteiger partial charge in [-0.05, 0) is 30.5 Å². The van der Waals surface area contributed by atoms with Crippen LogP contribution in [-0.2, 0) is 24.4 Å². The maximum Gasteiger partial charge on any atom is 0.272 e. The van der Waals surface area contributed by atoms with E-state index < -0.39 is 6.04 Å². The molecule has 0 fully saturated rings. The highest BCUT2D eigenvalue weighted by molar-refractivity contribution is 5.92. The second-order valence-electron chi connectivity index (χ2n) is 7.24. The fourth-order valence-corrected chi connectivity index (χ4v) is 3.17. The molecule has 0 unspecified atom stereocenters. The molecule has 0 saturated heterocycles. The van der Waals surface area contributed by atoms with Crippen LogP contribution in [0.25, 0.3) is 0 Å². The molecular formula is C19H26N6O2. The number of pyridine rings is 1. The molecule has 144 valence electrons. The van der Waals surface area contributed by atoms with Gasteiger partial charge in [0.25, 0.3) is 5.91 Å². The molecule has 3 N–H and O–H groups in total. The Labute approximate surface area is 158 Å². The fourth-order valence-electron chi connectivity index (χ4n) is 3.17. The maximum atomic E-state index is 12.5. The molecule has 0 saturated carbocycles. The molecule has 1 aliphatic heterocycles. The van der Waals surface area contributed by atoms with Crippen LogP contribution in [-0.4, -0.2) is 44.1 Å². The Hall–Kier alpha value is -2.74. The van der Waals surface area contributed by atoms with Gasteiger partial charge in [0.1, 0.15) is 0 Å². The molecule has 0 radical (unpaired) electrons. The highest BCUT2D eigenvalue weighted by atomic mass is 16.2. The molecule has 2 aromatic rings. The molecule has 0 bridgehead atoms. The third-order valence-corrected chi connectivity index (χ3v) is 4.54. The molecule has 8 nitrogen and oxygen atoms in total. The van der Waals surface area contributed by atoms with Gasteiger partial charge >= 0.3 is 0 Å². The standard InChI is InChI=1S/C19H26N6O2/c1-13(2)9-16(20)19(27)24-7-8-25-15(12-24)10-17(23-25)18(26)22-11-14-5-3-4-6-21-14/h3-6,10,13,16H,7-9,11-12,20H2,1-2H3,(H,22,26)/t16-/m1/s1. The topological polar surface area (TPSA) is 106 Å². The number of nitrogens with two attached hydrogens (primary N) is 1. The molecule has 3 rings (SSSR count). The summed E-state index contributed by atoms with van der Waals surface area (Å²) in [6.45, 7) is 5.97. The number of amides is 2. The Morgan fingerprint density at radius 1 is 1.30 bits per heavy atom. The summed E-state index contributed by atoms with van der Waals surface area (Å²) in [7, 11) is 0. The predicted octanol–water partition coefficient (Wildman–Crippen LogP) is 0.924. The van der Waals surface area contributed by atoms with Gasteiger partial charge in [0.05, 0.1) is 37.1 Å². The Balaban J connectivity index is 1.61. The summed E-state index contributed by atoms with van der Waals surface area (Å²) in [4.78, 5) is 30.8. The Morgan fingerprint density at radius 2 is 2.11 bits per heavy atom. The molecule has 0 aromatic carbocycles. The summed E-state index contributed by atoms with van der Waals surface area (Å²) in [5.41, 5.74) is 8.01. The molecule has 1 atom stereocenters.